The summed E-state index contributed by atoms with van der Waals surface area (Å²) in [6.45, 7) is 2.81. The van der Waals surface area contributed by atoms with Crippen LogP contribution in [0.1, 0.15) is 30.2 Å². The summed E-state index contributed by atoms with van der Waals surface area (Å²) in [5, 5.41) is 1.12. The van der Waals surface area contributed by atoms with Gasteiger partial charge < -0.3 is 9.15 Å². The third-order valence-electron chi connectivity index (χ3n) is 3.08. The highest BCUT2D eigenvalue weighted by atomic mass is 16.5. The number of nitrogens with one attached hydrogen (secondary N) is 1. The van der Waals surface area contributed by atoms with Crippen molar-refractivity contribution in [3.8, 4) is 0 Å². The zero-order chi connectivity index (χ0) is 13.0. The van der Waals surface area contributed by atoms with E-state index in [0.717, 1.165) is 36.2 Å². The molecule has 0 bridgehead atoms. The molecule has 1 heterocycles. The summed E-state index contributed by atoms with van der Waals surface area (Å²) < 4.78 is 10.9. The van der Waals surface area contributed by atoms with Gasteiger partial charge in [0.25, 0.3) is 0 Å². The monoisotopic (exact) mass is 248 g/mol. The van der Waals surface area contributed by atoms with E-state index in [0.29, 0.717) is 0 Å². The Bertz CT molecular complexity index is 507. The van der Waals surface area contributed by atoms with Crippen LogP contribution in [0.5, 0.6) is 0 Å². The van der Waals surface area contributed by atoms with Gasteiger partial charge in [-0.2, -0.15) is 0 Å². The number of methoxy groups -OCH3 is 1. The van der Waals surface area contributed by atoms with Crippen LogP contribution >= 0.6 is 0 Å². The van der Waals surface area contributed by atoms with Gasteiger partial charge in [-0.3, -0.25) is 5.84 Å². The zero-order valence-corrected chi connectivity index (χ0v) is 10.9. The number of hydrogen-bond donors (Lipinski definition) is 2. The number of aryl methyl sites for hydroxylation is 1. The first kappa shape index (κ1) is 13.1. The molecule has 98 valence electrons. The molecule has 0 aliphatic carbocycles. The van der Waals surface area contributed by atoms with E-state index in [1.165, 1.54) is 5.56 Å². The predicted octanol–water partition coefficient (Wildman–Crippen LogP) is 2.67. The van der Waals surface area contributed by atoms with Crippen LogP contribution in [-0.4, -0.2) is 13.7 Å². The Hall–Kier alpha value is -1.36. The van der Waals surface area contributed by atoms with Crippen molar-refractivity contribution in [1.82, 2.24) is 5.43 Å². The van der Waals surface area contributed by atoms with Crippen LogP contribution in [0.3, 0.4) is 0 Å². The maximum atomic E-state index is 5.82. The fraction of sp³-hybridized carbons (Fsp3) is 0.429. The fourth-order valence-electron chi connectivity index (χ4n) is 2.09. The van der Waals surface area contributed by atoms with Crippen molar-refractivity contribution in [3.63, 3.8) is 0 Å². The third-order valence-corrected chi connectivity index (χ3v) is 3.08. The van der Waals surface area contributed by atoms with Gasteiger partial charge in [-0.25, -0.2) is 5.43 Å². The second-order valence-corrected chi connectivity index (χ2v) is 4.54. The van der Waals surface area contributed by atoms with E-state index >= 15 is 0 Å². The van der Waals surface area contributed by atoms with Crippen molar-refractivity contribution in [2.75, 3.05) is 13.7 Å². The first-order valence-electron chi connectivity index (χ1n) is 6.19. The topological polar surface area (TPSA) is 60.4 Å². The van der Waals surface area contributed by atoms with E-state index in [1.54, 1.807) is 7.11 Å². The maximum absolute atomic E-state index is 5.82. The van der Waals surface area contributed by atoms with Crippen LogP contribution in [0.25, 0.3) is 11.0 Å². The maximum Gasteiger partial charge on any atom is 0.134 e. The van der Waals surface area contributed by atoms with Crippen molar-refractivity contribution in [1.29, 1.82) is 0 Å². The van der Waals surface area contributed by atoms with Gasteiger partial charge in [0.1, 0.15) is 11.3 Å². The standard InChI is InChI=1S/C14H20N2O2/c1-10-5-6-13-11(8-10)9-14(18-13)12(16-15)4-3-7-17-2/h5-6,8-9,12,16H,3-4,7,15H2,1-2H3. The van der Waals surface area contributed by atoms with Gasteiger partial charge in [-0.1, -0.05) is 11.6 Å². The summed E-state index contributed by atoms with van der Waals surface area (Å²) in [7, 11) is 1.70. The highest BCUT2D eigenvalue weighted by molar-refractivity contribution is 5.78. The normalized spacial score (nSPS) is 13.1. The number of nitrogens with two attached hydrogens (primary N) is 1. The molecule has 18 heavy (non-hydrogen) atoms. The van der Waals surface area contributed by atoms with Crippen molar-refractivity contribution in [3.05, 3.63) is 35.6 Å². The first-order valence-corrected chi connectivity index (χ1v) is 6.19. The molecule has 2 rings (SSSR count). The van der Waals surface area contributed by atoms with Gasteiger partial charge in [0.15, 0.2) is 0 Å². The van der Waals surface area contributed by atoms with E-state index in [2.05, 4.69) is 24.5 Å². The van der Waals surface area contributed by atoms with Gasteiger partial charge in [-0.05, 0) is 38.0 Å². The predicted molar refractivity (Wildman–Crippen MR) is 72.1 cm³/mol. The lowest BCUT2D eigenvalue weighted by Gasteiger charge is -2.12. The van der Waals surface area contributed by atoms with Crippen molar-refractivity contribution in [2.24, 2.45) is 5.84 Å². The molecule has 4 heteroatoms. The highest BCUT2D eigenvalue weighted by Crippen LogP contribution is 2.26. The second kappa shape index (κ2) is 6.00. The third kappa shape index (κ3) is 2.90. The summed E-state index contributed by atoms with van der Waals surface area (Å²) in [5.74, 6) is 6.47. The Morgan fingerprint density at radius 2 is 2.22 bits per heavy atom. The Labute approximate surface area is 107 Å². The number of furan rings is 1. The van der Waals surface area contributed by atoms with Gasteiger partial charge in [-0.15, -0.1) is 0 Å². The minimum Gasteiger partial charge on any atom is -0.459 e. The molecule has 0 radical (unpaired) electrons. The molecule has 3 N–H and O–H groups in total. The van der Waals surface area contributed by atoms with E-state index in [1.807, 2.05) is 12.1 Å². The van der Waals surface area contributed by atoms with E-state index in [-0.39, 0.29) is 6.04 Å². The molecule has 1 aromatic heterocycles. The van der Waals surface area contributed by atoms with Crippen LogP contribution in [-0.2, 0) is 4.74 Å². The van der Waals surface area contributed by atoms with Crippen LogP contribution in [0.2, 0.25) is 0 Å². The SMILES string of the molecule is COCCCC(NN)c1cc2cc(C)ccc2o1. The summed E-state index contributed by atoms with van der Waals surface area (Å²) in [6, 6.07) is 8.25. The molecule has 1 aromatic carbocycles. The van der Waals surface area contributed by atoms with Crippen molar-refractivity contribution < 1.29 is 9.15 Å². The molecule has 0 spiro atoms. The Morgan fingerprint density at radius 1 is 1.39 bits per heavy atom. The van der Waals surface area contributed by atoms with Crippen molar-refractivity contribution >= 4 is 11.0 Å². The minimum absolute atomic E-state index is 0.0351. The Kier molecular flexibility index (Phi) is 4.36. The molecule has 0 saturated carbocycles. The fourth-order valence-corrected chi connectivity index (χ4v) is 2.09. The largest absolute Gasteiger partial charge is 0.459 e. The number of hydrazine groups is 1. The molecular formula is C14H20N2O2. The highest BCUT2D eigenvalue weighted by Gasteiger charge is 2.14. The van der Waals surface area contributed by atoms with Gasteiger partial charge in [0.2, 0.25) is 0 Å². The number of benzene rings is 1. The average molecular weight is 248 g/mol. The van der Waals surface area contributed by atoms with Gasteiger partial charge in [0.05, 0.1) is 6.04 Å². The molecule has 2 aromatic rings. The molecule has 4 nitrogen and oxygen atoms in total. The minimum atomic E-state index is 0.0351. The molecule has 0 aliphatic rings. The second-order valence-electron chi connectivity index (χ2n) is 4.54. The lowest BCUT2D eigenvalue weighted by molar-refractivity contribution is 0.187. The summed E-state index contributed by atoms with van der Waals surface area (Å²) in [4.78, 5) is 0. The van der Waals surface area contributed by atoms with E-state index < -0.39 is 0 Å². The average Bonchev–Trinajstić information content (AvgIpc) is 2.77. The summed E-state index contributed by atoms with van der Waals surface area (Å²) >= 11 is 0. The van der Waals surface area contributed by atoms with Crippen LogP contribution in [0, 0.1) is 6.92 Å². The smallest absolute Gasteiger partial charge is 0.134 e. The number of hydrogen-bond acceptors (Lipinski definition) is 4. The number of rotatable bonds is 6. The summed E-state index contributed by atoms with van der Waals surface area (Å²) in [6.07, 6.45) is 1.84. The molecule has 0 amide bonds. The van der Waals surface area contributed by atoms with Crippen LogP contribution < -0.4 is 11.3 Å². The molecular weight excluding hydrogens is 228 g/mol. The summed E-state index contributed by atoms with van der Waals surface area (Å²) in [5.41, 5.74) is 4.94. The van der Waals surface area contributed by atoms with Gasteiger partial charge >= 0.3 is 0 Å². The number of fused-ring (bicyclic) bond motifs is 1. The molecule has 0 saturated heterocycles. The zero-order valence-electron chi connectivity index (χ0n) is 10.9. The lowest BCUT2D eigenvalue weighted by atomic mass is 10.1. The van der Waals surface area contributed by atoms with Gasteiger partial charge in [0, 0.05) is 19.1 Å². The Morgan fingerprint density at radius 3 is 2.94 bits per heavy atom. The van der Waals surface area contributed by atoms with Crippen LogP contribution in [0.4, 0.5) is 0 Å². The van der Waals surface area contributed by atoms with E-state index in [4.69, 9.17) is 15.0 Å². The first-order chi connectivity index (χ1) is 8.74. The number of ether oxygens (including phenoxy) is 1. The molecule has 1 unspecified atom stereocenters. The molecule has 1 atom stereocenters. The molecule has 0 fully saturated rings. The van der Waals surface area contributed by atoms with Crippen LogP contribution in [0.15, 0.2) is 28.7 Å². The molecule has 0 aliphatic heterocycles. The van der Waals surface area contributed by atoms with E-state index in [9.17, 15) is 0 Å². The quantitative estimate of drug-likeness (QED) is 0.469. The Balaban J connectivity index is 2.17. The van der Waals surface area contributed by atoms with Crippen molar-refractivity contribution in [2.45, 2.75) is 25.8 Å². The lowest BCUT2D eigenvalue weighted by Crippen LogP contribution is -2.27.